The molecule has 2 aromatic rings. The van der Waals surface area contributed by atoms with Crippen molar-refractivity contribution in [3.8, 4) is 6.07 Å². The highest BCUT2D eigenvalue weighted by Gasteiger charge is 2.29. The van der Waals surface area contributed by atoms with Crippen LogP contribution in [0.5, 0.6) is 0 Å². The average molecular weight is 264 g/mol. The van der Waals surface area contributed by atoms with Gasteiger partial charge in [0.2, 0.25) is 0 Å². The van der Waals surface area contributed by atoms with Crippen LogP contribution in [0, 0.1) is 11.3 Å². The van der Waals surface area contributed by atoms with E-state index >= 15 is 0 Å². The van der Waals surface area contributed by atoms with Crippen LogP contribution in [0.25, 0.3) is 0 Å². The molecule has 1 aliphatic rings. The van der Waals surface area contributed by atoms with E-state index in [9.17, 15) is 0 Å². The number of pyridine rings is 1. The number of nitrogens with two attached hydrogens (primary N) is 1. The van der Waals surface area contributed by atoms with Crippen molar-refractivity contribution in [2.75, 3.05) is 10.6 Å². The van der Waals surface area contributed by atoms with E-state index in [1.807, 2.05) is 36.4 Å². The highest BCUT2D eigenvalue weighted by atomic mass is 15.2. The van der Waals surface area contributed by atoms with Gasteiger partial charge in [-0.05, 0) is 42.7 Å². The highest BCUT2D eigenvalue weighted by Crippen LogP contribution is 2.32. The molecule has 4 nitrogen and oxygen atoms in total. The number of rotatable bonds is 4. The monoisotopic (exact) mass is 264 g/mol. The van der Waals surface area contributed by atoms with E-state index in [1.165, 1.54) is 18.4 Å². The fourth-order valence-electron chi connectivity index (χ4n) is 2.23. The molecule has 3 rings (SSSR count). The van der Waals surface area contributed by atoms with Crippen LogP contribution in [0.3, 0.4) is 0 Å². The van der Waals surface area contributed by atoms with Gasteiger partial charge in [-0.3, -0.25) is 0 Å². The van der Waals surface area contributed by atoms with E-state index in [-0.39, 0.29) is 0 Å². The zero-order chi connectivity index (χ0) is 13.9. The number of nitrogens with zero attached hydrogens (tertiary/aromatic N) is 3. The molecule has 2 N–H and O–H groups in total. The summed E-state index contributed by atoms with van der Waals surface area (Å²) in [7, 11) is 0. The largest absolute Gasteiger partial charge is 0.399 e. The van der Waals surface area contributed by atoms with Gasteiger partial charge in [-0.25, -0.2) is 4.98 Å². The number of nitrogen functional groups attached to an aromatic ring is 1. The molecule has 0 bridgehead atoms. The molecule has 0 atom stereocenters. The van der Waals surface area contributed by atoms with Crippen molar-refractivity contribution < 1.29 is 0 Å². The maximum atomic E-state index is 8.83. The van der Waals surface area contributed by atoms with Crippen molar-refractivity contribution in [2.45, 2.75) is 25.4 Å². The molecule has 1 heterocycles. The predicted octanol–water partition coefficient (Wildman–Crippen LogP) is 2.70. The van der Waals surface area contributed by atoms with E-state index in [0.717, 1.165) is 18.1 Å². The van der Waals surface area contributed by atoms with E-state index in [0.29, 0.717) is 11.6 Å². The summed E-state index contributed by atoms with van der Waals surface area (Å²) in [5.74, 6) is 0.934. The Bertz CT molecular complexity index is 621. The summed E-state index contributed by atoms with van der Waals surface area (Å²) in [6, 6.07) is 14.4. The third kappa shape index (κ3) is 2.72. The second-order valence-corrected chi connectivity index (χ2v) is 5.12. The predicted molar refractivity (Wildman–Crippen MR) is 79.0 cm³/mol. The third-order valence-electron chi connectivity index (χ3n) is 3.49. The first-order valence-electron chi connectivity index (χ1n) is 6.73. The Labute approximate surface area is 118 Å². The van der Waals surface area contributed by atoms with Crippen LogP contribution in [0.2, 0.25) is 0 Å². The molecule has 0 aliphatic heterocycles. The Hall–Kier alpha value is -2.54. The third-order valence-corrected chi connectivity index (χ3v) is 3.49. The minimum atomic E-state index is 0.563. The van der Waals surface area contributed by atoms with E-state index in [1.54, 1.807) is 6.20 Å². The van der Waals surface area contributed by atoms with Gasteiger partial charge in [0.25, 0.3) is 0 Å². The molecule has 1 fully saturated rings. The molecule has 1 aromatic carbocycles. The average Bonchev–Trinajstić information content (AvgIpc) is 3.31. The van der Waals surface area contributed by atoms with Gasteiger partial charge in [0.05, 0.1) is 5.56 Å². The minimum absolute atomic E-state index is 0.563. The zero-order valence-electron chi connectivity index (χ0n) is 11.2. The van der Waals surface area contributed by atoms with Crippen molar-refractivity contribution >= 4 is 11.5 Å². The van der Waals surface area contributed by atoms with E-state index < -0.39 is 0 Å². The molecule has 0 amide bonds. The summed E-state index contributed by atoms with van der Waals surface area (Å²) in [5.41, 5.74) is 8.31. The van der Waals surface area contributed by atoms with Gasteiger partial charge in [0, 0.05) is 24.5 Å². The summed E-state index contributed by atoms with van der Waals surface area (Å²) >= 11 is 0. The smallest absolute Gasteiger partial charge is 0.129 e. The molecule has 1 aromatic heterocycles. The number of anilines is 2. The van der Waals surface area contributed by atoms with Crippen LogP contribution in [0.4, 0.5) is 11.5 Å². The molecule has 100 valence electrons. The molecule has 0 spiro atoms. The second-order valence-electron chi connectivity index (χ2n) is 5.12. The van der Waals surface area contributed by atoms with Crippen LogP contribution >= 0.6 is 0 Å². The molecule has 0 saturated heterocycles. The van der Waals surface area contributed by atoms with Crippen molar-refractivity contribution in [1.29, 1.82) is 5.26 Å². The molecule has 20 heavy (non-hydrogen) atoms. The SMILES string of the molecule is N#Cc1ccc(N(Cc2ccc(N)cc2)C2CC2)nc1. The lowest BCUT2D eigenvalue weighted by atomic mass is 10.2. The molecule has 1 aliphatic carbocycles. The van der Waals surface area contributed by atoms with E-state index in [2.05, 4.69) is 16.0 Å². The number of aromatic nitrogens is 1. The summed E-state index contributed by atoms with van der Waals surface area (Å²) in [6.07, 6.45) is 4.04. The van der Waals surface area contributed by atoms with Gasteiger partial charge in [0.15, 0.2) is 0 Å². The van der Waals surface area contributed by atoms with Gasteiger partial charge >= 0.3 is 0 Å². The lowest BCUT2D eigenvalue weighted by Gasteiger charge is -2.23. The topological polar surface area (TPSA) is 65.9 Å². The summed E-state index contributed by atoms with van der Waals surface area (Å²) < 4.78 is 0. The Kier molecular flexibility index (Phi) is 3.26. The molecular formula is C16H16N4. The quantitative estimate of drug-likeness (QED) is 0.862. The molecule has 0 unspecified atom stereocenters. The molecule has 0 radical (unpaired) electrons. The van der Waals surface area contributed by atoms with Gasteiger partial charge in [-0.15, -0.1) is 0 Å². The van der Waals surface area contributed by atoms with Gasteiger partial charge in [0.1, 0.15) is 11.9 Å². The van der Waals surface area contributed by atoms with Gasteiger partial charge in [-0.2, -0.15) is 5.26 Å². The number of hydrogen-bond donors (Lipinski definition) is 1. The van der Waals surface area contributed by atoms with Crippen LogP contribution in [-0.4, -0.2) is 11.0 Å². The van der Waals surface area contributed by atoms with Crippen molar-refractivity contribution in [2.24, 2.45) is 0 Å². The van der Waals surface area contributed by atoms with Gasteiger partial charge in [-0.1, -0.05) is 12.1 Å². The summed E-state index contributed by atoms with van der Waals surface area (Å²) in [6.45, 7) is 0.823. The van der Waals surface area contributed by atoms with Gasteiger partial charge < -0.3 is 10.6 Å². The zero-order valence-corrected chi connectivity index (χ0v) is 11.2. The number of nitriles is 1. The number of hydrogen-bond acceptors (Lipinski definition) is 4. The second kappa shape index (κ2) is 5.22. The first kappa shape index (κ1) is 12.5. The minimum Gasteiger partial charge on any atom is -0.399 e. The fourth-order valence-corrected chi connectivity index (χ4v) is 2.23. The Morgan fingerprint density at radius 2 is 1.95 bits per heavy atom. The normalized spacial score (nSPS) is 13.8. The van der Waals surface area contributed by atoms with Crippen molar-refractivity contribution in [1.82, 2.24) is 4.98 Å². The molecular weight excluding hydrogens is 248 g/mol. The van der Waals surface area contributed by atoms with E-state index in [4.69, 9.17) is 11.0 Å². The molecule has 1 saturated carbocycles. The maximum absolute atomic E-state index is 8.83. The van der Waals surface area contributed by atoms with Crippen LogP contribution in [0.1, 0.15) is 24.0 Å². The lowest BCUT2D eigenvalue weighted by Crippen LogP contribution is -2.25. The lowest BCUT2D eigenvalue weighted by molar-refractivity contribution is 0.778. The Morgan fingerprint density at radius 1 is 1.20 bits per heavy atom. The van der Waals surface area contributed by atoms with Crippen LogP contribution in [0.15, 0.2) is 42.6 Å². The fraction of sp³-hybridized carbons (Fsp3) is 0.250. The maximum Gasteiger partial charge on any atom is 0.129 e. The van der Waals surface area contributed by atoms with Crippen molar-refractivity contribution in [3.05, 3.63) is 53.7 Å². The molecule has 4 heteroatoms. The summed E-state index contributed by atoms with van der Waals surface area (Å²) in [5, 5.41) is 8.83. The highest BCUT2D eigenvalue weighted by molar-refractivity contribution is 5.46. The Balaban J connectivity index is 1.81. The standard InChI is InChI=1S/C16H16N4/c17-9-13-3-8-16(19-10-13)20(15-6-7-15)11-12-1-4-14(18)5-2-12/h1-5,8,10,15H,6-7,11,18H2. The number of benzene rings is 1. The summed E-state index contributed by atoms with van der Waals surface area (Å²) in [4.78, 5) is 6.70. The van der Waals surface area contributed by atoms with Crippen LogP contribution < -0.4 is 10.6 Å². The first-order chi connectivity index (χ1) is 9.76. The first-order valence-corrected chi connectivity index (χ1v) is 6.73. The Morgan fingerprint density at radius 3 is 2.50 bits per heavy atom. The van der Waals surface area contributed by atoms with Crippen LogP contribution in [-0.2, 0) is 6.54 Å². The van der Waals surface area contributed by atoms with Crippen molar-refractivity contribution in [3.63, 3.8) is 0 Å².